The van der Waals surface area contributed by atoms with Crippen molar-refractivity contribution < 1.29 is 23.7 Å². The zero-order valence-electron chi connectivity index (χ0n) is 32.4. The average molecular weight is 723 g/mol. The number of anilines is 2. The van der Waals surface area contributed by atoms with Crippen LogP contribution in [-0.4, -0.2) is 103 Å². The lowest BCUT2D eigenvalue weighted by molar-refractivity contribution is -0.0461. The second kappa shape index (κ2) is 18.5. The quantitative estimate of drug-likeness (QED) is 0.116. The van der Waals surface area contributed by atoms with E-state index in [1.807, 2.05) is 12.1 Å². The third-order valence-electron chi connectivity index (χ3n) is 11.1. The first-order valence-corrected chi connectivity index (χ1v) is 19.1. The summed E-state index contributed by atoms with van der Waals surface area (Å²) in [4.78, 5) is 10.1. The number of rotatable bonds is 16. The predicted molar refractivity (Wildman–Crippen MR) is 214 cm³/mol. The smallest absolute Gasteiger partial charge is 0.162 e. The summed E-state index contributed by atoms with van der Waals surface area (Å²) in [6.45, 7) is 12.5. The van der Waals surface area contributed by atoms with Gasteiger partial charge in [-0.2, -0.15) is 0 Å². The van der Waals surface area contributed by atoms with E-state index >= 15 is 0 Å². The van der Waals surface area contributed by atoms with Crippen LogP contribution in [0.2, 0.25) is 0 Å². The molecule has 9 nitrogen and oxygen atoms in total. The molecule has 0 aromatic heterocycles. The summed E-state index contributed by atoms with van der Waals surface area (Å²) < 4.78 is 29.4. The van der Waals surface area contributed by atoms with Gasteiger partial charge in [-0.25, -0.2) is 0 Å². The standard InChI is InChI=1S/C44H58N4O5/c1-33(45-21-25-47(26-22-45)37-17-19-39(49-3)43(31-37)51-5)29-41(35-13-9-7-10-14-35)53-42(36-15-11-8-12-16-36)30-34(2)46-23-27-48(28-24-46)38-18-20-40(50-4)44(32-38)52-6/h7-20,31-34,41-42H,21-30H2,1-6H3. The van der Waals surface area contributed by atoms with Gasteiger partial charge in [0.2, 0.25) is 0 Å². The number of hydrogen-bond acceptors (Lipinski definition) is 9. The SMILES string of the molecule is COc1ccc(N2CCN(C(C)CC(OC(CC(C)N3CCN(c4ccc(OC)c(OC)c4)CC3)c3ccccc3)c3ccccc3)CC2)cc1OC. The first kappa shape index (κ1) is 38.3. The van der Waals surface area contributed by atoms with Crippen LogP contribution in [0.1, 0.15) is 50.0 Å². The van der Waals surface area contributed by atoms with Crippen molar-refractivity contribution in [2.45, 2.75) is 51.0 Å². The minimum Gasteiger partial charge on any atom is -0.493 e. The van der Waals surface area contributed by atoms with Crippen molar-refractivity contribution in [3.8, 4) is 23.0 Å². The highest BCUT2D eigenvalue weighted by Crippen LogP contribution is 2.37. The molecule has 6 rings (SSSR count). The maximum atomic E-state index is 7.30. The van der Waals surface area contributed by atoms with Crippen molar-refractivity contribution in [3.05, 3.63) is 108 Å². The Bertz CT molecular complexity index is 1570. The maximum absolute atomic E-state index is 7.30. The van der Waals surface area contributed by atoms with Crippen LogP contribution in [0.25, 0.3) is 0 Å². The molecule has 0 saturated carbocycles. The molecule has 0 N–H and O–H groups in total. The van der Waals surface area contributed by atoms with E-state index in [1.54, 1.807) is 28.4 Å². The normalized spacial score (nSPS) is 17.8. The minimum atomic E-state index is -0.0330. The Morgan fingerprint density at radius 2 is 0.811 bits per heavy atom. The molecule has 2 aliphatic rings. The summed E-state index contributed by atoms with van der Waals surface area (Å²) in [5, 5.41) is 0. The summed E-state index contributed by atoms with van der Waals surface area (Å²) in [6, 6.07) is 34.8. The lowest BCUT2D eigenvalue weighted by atomic mass is 9.98. The van der Waals surface area contributed by atoms with Crippen molar-refractivity contribution in [2.75, 3.05) is 90.6 Å². The summed E-state index contributed by atoms with van der Waals surface area (Å²) in [5.74, 6) is 3.05. The summed E-state index contributed by atoms with van der Waals surface area (Å²) >= 11 is 0. The van der Waals surface area contributed by atoms with Crippen LogP contribution in [-0.2, 0) is 4.74 Å². The van der Waals surface area contributed by atoms with Gasteiger partial charge < -0.3 is 33.5 Å². The van der Waals surface area contributed by atoms with Gasteiger partial charge in [-0.15, -0.1) is 0 Å². The number of methoxy groups -OCH3 is 4. The third kappa shape index (κ3) is 9.57. The second-order valence-corrected chi connectivity index (χ2v) is 14.2. The molecule has 4 atom stereocenters. The number of benzene rings is 4. The lowest BCUT2D eigenvalue weighted by Gasteiger charge is -2.41. The molecule has 2 fully saturated rings. The van der Waals surface area contributed by atoms with Crippen molar-refractivity contribution in [1.29, 1.82) is 0 Å². The van der Waals surface area contributed by atoms with Gasteiger partial charge in [-0.1, -0.05) is 60.7 Å². The van der Waals surface area contributed by atoms with Gasteiger partial charge in [0.05, 0.1) is 40.6 Å². The highest BCUT2D eigenvalue weighted by Gasteiger charge is 2.30. The van der Waals surface area contributed by atoms with E-state index < -0.39 is 0 Å². The van der Waals surface area contributed by atoms with Crippen LogP contribution in [0.4, 0.5) is 11.4 Å². The van der Waals surface area contributed by atoms with E-state index in [0.29, 0.717) is 12.1 Å². The van der Waals surface area contributed by atoms with Gasteiger partial charge in [-0.05, 0) is 62.1 Å². The minimum absolute atomic E-state index is 0.0330. The van der Waals surface area contributed by atoms with E-state index in [9.17, 15) is 0 Å². The molecule has 0 aliphatic carbocycles. The van der Waals surface area contributed by atoms with Crippen molar-refractivity contribution in [2.24, 2.45) is 0 Å². The fourth-order valence-electron chi connectivity index (χ4n) is 7.88. The monoisotopic (exact) mass is 722 g/mol. The van der Waals surface area contributed by atoms with E-state index in [1.165, 1.54) is 22.5 Å². The van der Waals surface area contributed by atoms with Gasteiger partial charge >= 0.3 is 0 Å². The molecule has 0 spiro atoms. The molecule has 53 heavy (non-hydrogen) atoms. The van der Waals surface area contributed by atoms with Crippen LogP contribution >= 0.6 is 0 Å². The molecule has 0 amide bonds. The summed E-state index contributed by atoms with van der Waals surface area (Å²) in [6.07, 6.45) is 1.77. The molecular weight excluding hydrogens is 665 g/mol. The topological polar surface area (TPSA) is 59.1 Å². The van der Waals surface area contributed by atoms with E-state index in [2.05, 4.69) is 118 Å². The first-order chi connectivity index (χ1) is 25.9. The molecule has 4 aromatic carbocycles. The van der Waals surface area contributed by atoms with Gasteiger partial charge in [0.25, 0.3) is 0 Å². The van der Waals surface area contributed by atoms with Crippen LogP contribution in [0.15, 0.2) is 97.1 Å². The first-order valence-electron chi connectivity index (χ1n) is 19.1. The van der Waals surface area contributed by atoms with Crippen LogP contribution in [0.3, 0.4) is 0 Å². The van der Waals surface area contributed by atoms with Gasteiger partial charge in [0.1, 0.15) is 0 Å². The highest BCUT2D eigenvalue weighted by molar-refractivity contribution is 5.57. The average Bonchev–Trinajstić information content (AvgIpc) is 3.23. The Hall–Kier alpha value is -4.44. The number of piperazine rings is 2. The summed E-state index contributed by atoms with van der Waals surface area (Å²) in [5.41, 5.74) is 4.81. The molecule has 4 aromatic rings. The Labute approximate surface area is 316 Å². The van der Waals surface area contributed by atoms with Gasteiger partial charge in [0, 0.05) is 87.9 Å². The molecule has 2 aliphatic heterocycles. The van der Waals surface area contributed by atoms with Crippen molar-refractivity contribution in [3.63, 3.8) is 0 Å². The maximum Gasteiger partial charge on any atom is 0.162 e. The second-order valence-electron chi connectivity index (χ2n) is 14.2. The molecule has 0 radical (unpaired) electrons. The van der Waals surface area contributed by atoms with Crippen molar-refractivity contribution in [1.82, 2.24) is 9.80 Å². The number of nitrogens with zero attached hydrogens (tertiary/aromatic N) is 4. The molecule has 4 unspecified atom stereocenters. The molecule has 2 saturated heterocycles. The van der Waals surface area contributed by atoms with E-state index in [-0.39, 0.29) is 12.2 Å². The fourth-order valence-corrected chi connectivity index (χ4v) is 7.88. The predicted octanol–water partition coefficient (Wildman–Crippen LogP) is 7.72. The Morgan fingerprint density at radius 1 is 0.453 bits per heavy atom. The summed E-state index contributed by atoms with van der Waals surface area (Å²) in [7, 11) is 6.74. The largest absolute Gasteiger partial charge is 0.493 e. The number of ether oxygens (including phenoxy) is 5. The fraction of sp³-hybridized carbons (Fsp3) is 0.455. The van der Waals surface area contributed by atoms with Gasteiger partial charge in [-0.3, -0.25) is 9.80 Å². The molecule has 284 valence electrons. The van der Waals surface area contributed by atoms with E-state index in [4.69, 9.17) is 23.7 Å². The third-order valence-corrected chi connectivity index (χ3v) is 11.1. The Kier molecular flexibility index (Phi) is 13.4. The molecular formula is C44H58N4O5. The van der Waals surface area contributed by atoms with Crippen LogP contribution in [0.5, 0.6) is 23.0 Å². The zero-order valence-corrected chi connectivity index (χ0v) is 32.4. The van der Waals surface area contributed by atoms with Gasteiger partial charge in [0.15, 0.2) is 23.0 Å². The Morgan fingerprint density at radius 3 is 1.15 bits per heavy atom. The zero-order chi connectivity index (χ0) is 37.2. The molecule has 9 heteroatoms. The molecule has 0 bridgehead atoms. The van der Waals surface area contributed by atoms with E-state index in [0.717, 1.165) is 88.2 Å². The lowest BCUT2D eigenvalue weighted by Crippen LogP contribution is -2.50. The number of hydrogen-bond donors (Lipinski definition) is 0. The molecule has 2 heterocycles. The van der Waals surface area contributed by atoms with Crippen molar-refractivity contribution >= 4 is 11.4 Å². The Balaban J connectivity index is 1.11. The highest BCUT2D eigenvalue weighted by atomic mass is 16.5. The van der Waals surface area contributed by atoms with Crippen LogP contribution in [0, 0.1) is 0 Å². The van der Waals surface area contributed by atoms with Crippen LogP contribution < -0.4 is 28.7 Å².